The van der Waals surface area contributed by atoms with E-state index < -0.39 is 29.4 Å². The van der Waals surface area contributed by atoms with Crippen LogP contribution in [0.5, 0.6) is 17.2 Å². The van der Waals surface area contributed by atoms with Crippen LogP contribution >= 0.6 is 11.8 Å². The molecule has 2 aromatic rings. The fourth-order valence-corrected chi connectivity index (χ4v) is 3.05. The third-order valence-corrected chi connectivity index (χ3v) is 4.79. The van der Waals surface area contributed by atoms with E-state index in [2.05, 4.69) is 4.74 Å². The first kappa shape index (κ1) is 24.8. The van der Waals surface area contributed by atoms with E-state index in [1.165, 1.54) is 31.4 Å². The van der Waals surface area contributed by atoms with Gasteiger partial charge in [-0.3, -0.25) is 14.9 Å². The summed E-state index contributed by atoms with van der Waals surface area (Å²) in [6.45, 7) is 0. The molecule has 0 saturated heterocycles. The molecule has 0 spiro atoms. The van der Waals surface area contributed by atoms with Crippen molar-refractivity contribution in [2.45, 2.75) is 6.18 Å². The Hall–Kier alpha value is -3.47. The van der Waals surface area contributed by atoms with E-state index in [0.717, 1.165) is 31.0 Å². The van der Waals surface area contributed by atoms with Crippen molar-refractivity contribution in [3.8, 4) is 17.2 Å². The van der Waals surface area contributed by atoms with Gasteiger partial charge in [-0.2, -0.15) is 13.2 Å². The van der Waals surface area contributed by atoms with Gasteiger partial charge in [0.2, 0.25) is 6.41 Å². The minimum Gasteiger partial charge on any atom is -0.493 e. The van der Waals surface area contributed by atoms with Crippen molar-refractivity contribution in [3.05, 3.63) is 58.0 Å². The molecule has 11 heteroatoms. The van der Waals surface area contributed by atoms with Gasteiger partial charge in [0.1, 0.15) is 5.75 Å². The average molecular weight is 469 g/mol. The molecule has 0 heterocycles. The summed E-state index contributed by atoms with van der Waals surface area (Å²) < 4.78 is 55.7. The fourth-order valence-electron chi connectivity index (χ4n) is 2.56. The summed E-state index contributed by atoms with van der Waals surface area (Å²) in [6, 6.07) is 7.12. The zero-order chi connectivity index (χ0) is 23.9. The van der Waals surface area contributed by atoms with Crippen LogP contribution in [0.15, 0.2) is 41.3 Å². The van der Waals surface area contributed by atoms with Gasteiger partial charge in [0.25, 0.3) is 5.91 Å². The normalized spacial score (nSPS) is 11.5. The summed E-state index contributed by atoms with van der Waals surface area (Å²) >= 11 is 1.10. The zero-order valence-electron chi connectivity index (χ0n) is 17.1. The highest BCUT2D eigenvalue weighted by Crippen LogP contribution is 2.41. The topological polar surface area (TPSA) is 90.9 Å². The second kappa shape index (κ2) is 10.7. The molecule has 0 fully saturated rings. The Balaban J connectivity index is 2.44. The van der Waals surface area contributed by atoms with Gasteiger partial charge in [0.05, 0.1) is 30.3 Å². The van der Waals surface area contributed by atoms with Crippen LogP contribution in [-0.2, 0) is 20.5 Å². The summed E-state index contributed by atoms with van der Waals surface area (Å²) in [4.78, 5) is 34.1. The van der Waals surface area contributed by atoms with Crippen LogP contribution in [0.1, 0.15) is 21.5 Å². The number of benzene rings is 2. The SMILES string of the molecule is COC(=O)c1ccc(Oc2ccc(/C=C(\SC)C(=O)NC=O)cc2OC)c(C(F)(F)F)c1. The van der Waals surface area contributed by atoms with E-state index in [1.54, 1.807) is 6.26 Å². The molecule has 0 saturated carbocycles. The minimum absolute atomic E-state index is 0.0241. The van der Waals surface area contributed by atoms with Crippen LogP contribution in [0, 0.1) is 0 Å². The predicted octanol–water partition coefficient (Wildman–Crippen LogP) is 4.27. The highest BCUT2D eigenvalue weighted by atomic mass is 32.2. The van der Waals surface area contributed by atoms with Crippen LogP contribution in [0.25, 0.3) is 6.08 Å². The Bertz CT molecular complexity index is 1050. The largest absolute Gasteiger partial charge is 0.493 e. The summed E-state index contributed by atoms with van der Waals surface area (Å²) in [5.41, 5.74) is -0.962. The number of esters is 1. The van der Waals surface area contributed by atoms with E-state index >= 15 is 0 Å². The van der Waals surface area contributed by atoms with E-state index in [9.17, 15) is 27.6 Å². The molecule has 0 aromatic heterocycles. The van der Waals surface area contributed by atoms with Crippen molar-refractivity contribution in [2.75, 3.05) is 20.5 Å². The Morgan fingerprint density at radius 2 is 1.72 bits per heavy atom. The molecular formula is C21H18F3NO6S. The van der Waals surface area contributed by atoms with Gasteiger partial charge in [-0.1, -0.05) is 6.07 Å². The molecule has 0 radical (unpaired) electrons. The number of methoxy groups -OCH3 is 2. The third-order valence-electron chi connectivity index (χ3n) is 4.05. The van der Waals surface area contributed by atoms with Crippen molar-refractivity contribution in [1.82, 2.24) is 5.32 Å². The minimum atomic E-state index is -4.80. The Kier molecular flexibility index (Phi) is 8.30. The number of alkyl halides is 3. The average Bonchev–Trinajstić information content (AvgIpc) is 2.77. The third kappa shape index (κ3) is 6.03. The highest BCUT2D eigenvalue weighted by Gasteiger charge is 2.35. The standard InChI is InChI=1S/C21H18F3NO6S/c1-29-17-8-12(9-18(32-3)19(27)25-11-26)4-6-16(17)31-15-7-5-13(20(28)30-2)10-14(15)21(22,23)24/h4-11H,1-3H3,(H,25,26,27)/b18-9-. The number of carbonyl (C=O) groups excluding carboxylic acids is 3. The number of hydrogen-bond acceptors (Lipinski definition) is 7. The van der Waals surface area contributed by atoms with Gasteiger partial charge in [-0.15, -0.1) is 11.8 Å². The monoisotopic (exact) mass is 469 g/mol. The molecule has 0 bridgehead atoms. The molecule has 0 unspecified atom stereocenters. The summed E-state index contributed by atoms with van der Waals surface area (Å²) in [7, 11) is 2.36. The van der Waals surface area contributed by atoms with Gasteiger partial charge >= 0.3 is 12.1 Å². The molecule has 2 amide bonds. The van der Waals surface area contributed by atoms with Gasteiger partial charge < -0.3 is 14.2 Å². The van der Waals surface area contributed by atoms with Gasteiger partial charge in [-0.05, 0) is 48.2 Å². The summed E-state index contributed by atoms with van der Waals surface area (Å²) in [5.74, 6) is -1.99. The highest BCUT2D eigenvalue weighted by molar-refractivity contribution is 8.03. The number of hydrogen-bond donors (Lipinski definition) is 1. The number of amides is 2. The lowest BCUT2D eigenvalue weighted by Crippen LogP contribution is -2.21. The lowest BCUT2D eigenvalue weighted by atomic mass is 10.1. The molecule has 7 nitrogen and oxygen atoms in total. The number of carbonyl (C=O) groups is 3. The molecule has 1 N–H and O–H groups in total. The van der Waals surface area contributed by atoms with E-state index in [0.29, 0.717) is 11.6 Å². The number of halogens is 3. The Morgan fingerprint density at radius 1 is 1.03 bits per heavy atom. The number of imide groups is 1. The first-order chi connectivity index (χ1) is 15.1. The van der Waals surface area contributed by atoms with Crippen LogP contribution in [0.3, 0.4) is 0 Å². The number of nitrogens with one attached hydrogen (secondary N) is 1. The van der Waals surface area contributed by atoms with Crippen molar-refractivity contribution in [1.29, 1.82) is 0 Å². The molecule has 0 atom stereocenters. The summed E-state index contributed by atoms with van der Waals surface area (Å²) in [6.07, 6.45) is -1.42. The maximum absolute atomic E-state index is 13.5. The summed E-state index contributed by atoms with van der Waals surface area (Å²) in [5, 5.41) is 2.02. The van der Waals surface area contributed by atoms with Crippen LogP contribution < -0.4 is 14.8 Å². The van der Waals surface area contributed by atoms with E-state index in [-0.39, 0.29) is 28.4 Å². The molecule has 2 aromatic carbocycles. The van der Waals surface area contributed by atoms with E-state index in [4.69, 9.17) is 9.47 Å². The quantitative estimate of drug-likeness (QED) is 0.351. The zero-order valence-corrected chi connectivity index (χ0v) is 17.9. The molecule has 170 valence electrons. The first-order valence-electron chi connectivity index (χ1n) is 8.80. The van der Waals surface area contributed by atoms with Crippen LogP contribution in [-0.4, -0.2) is 38.8 Å². The van der Waals surface area contributed by atoms with Gasteiger partial charge in [-0.25, -0.2) is 4.79 Å². The number of rotatable bonds is 8. The van der Waals surface area contributed by atoms with Crippen molar-refractivity contribution in [2.24, 2.45) is 0 Å². The molecule has 0 aliphatic heterocycles. The second-order valence-electron chi connectivity index (χ2n) is 6.02. The number of thioether (sulfide) groups is 1. The molecule has 0 aliphatic rings. The van der Waals surface area contributed by atoms with Gasteiger partial charge in [0.15, 0.2) is 11.5 Å². The predicted molar refractivity (Wildman–Crippen MR) is 112 cm³/mol. The molecule has 32 heavy (non-hydrogen) atoms. The van der Waals surface area contributed by atoms with Crippen LogP contribution in [0.2, 0.25) is 0 Å². The fraction of sp³-hybridized carbons (Fsp3) is 0.190. The van der Waals surface area contributed by atoms with Crippen molar-refractivity contribution < 1.29 is 41.8 Å². The Morgan fingerprint density at radius 3 is 2.28 bits per heavy atom. The maximum Gasteiger partial charge on any atom is 0.420 e. The number of ether oxygens (including phenoxy) is 3. The molecule has 0 aliphatic carbocycles. The molecule has 2 rings (SSSR count). The molecular weight excluding hydrogens is 451 g/mol. The Labute approximate surface area is 185 Å². The van der Waals surface area contributed by atoms with Crippen LogP contribution in [0.4, 0.5) is 13.2 Å². The maximum atomic E-state index is 13.5. The van der Waals surface area contributed by atoms with E-state index in [1.807, 2.05) is 5.32 Å². The lowest BCUT2D eigenvalue weighted by molar-refractivity contribution is -0.138. The second-order valence-corrected chi connectivity index (χ2v) is 6.86. The van der Waals surface area contributed by atoms with Gasteiger partial charge in [0, 0.05) is 0 Å². The van der Waals surface area contributed by atoms with Crippen molar-refractivity contribution >= 4 is 36.1 Å². The first-order valence-corrected chi connectivity index (χ1v) is 10.0. The smallest absolute Gasteiger partial charge is 0.420 e. The van der Waals surface area contributed by atoms with Crippen molar-refractivity contribution in [3.63, 3.8) is 0 Å². The lowest BCUT2D eigenvalue weighted by Gasteiger charge is -2.16.